The average molecular weight is 338 g/mol. The molecule has 0 aliphatic rings. The van der Waals surface area contributed by atoms with Crippen LogP contribution in [0.3, 0.4) is 0 Å². The van der Waals surface area contributed by atoms with Gasteiger partial charge in [0.1, 0.15) is 18.1 Å². The van der Waals surface area contributed by atoms with Crippen LogP contribution in [0.5, 0.6) is 11.5 Å². The van der Waals surface area contributed by atoms with Crippen molar-refractivity contribution in [1.29, 1.82) is 0 Å². The zero-order valence-electron chi connectivity index (χ0n) is 13.8. The molecule has 0 fully saturated rings. The minimum atomic E-state index is -0.326. The number of oxazole rings is 1. The Labute approximate surface area is 145 Å². The van der Waals surface area contributed by atoms with E-state index in [0.29, 0.717) is 24.8 Å². The van der Waals surface area contributed by atoms with Crippen molar-refractivity contribution >= 4 is 5.91 Å². The number of nitrogens with one attached hydrogen (secondary N) is 1. The summed E-state index contributed by atoms with van der Waals surface area (Å²) in [6.07, 6.45) is 1.42. The summed E-state index contributed by atoms with van der Waals surface area (Å²) in [5, 5.41) is 2.73. The van der Waals surface area contributed by atoms with Crippen LogP contribution < -0.4 is 14.8 Å². The van der Waals surface area contributed by atoms with Crippen LogP contribution in [-0.4, -0.2) is 31.2 Å². The van der Waals surface area contributed by atoms with E-state index in [-0.39, 0.29) is 11.7 Å². The topological polar surface area (TPSA) is 73.6 Å². The Balaban J connectivity index is 1.47. The number of rotatable bonds is 7. The molecule has 2 aromatic carbocycles. The van der Waals surface area contributed by atoms with Crippen LogP contribution in [0.4, 0.5) is 0 Å². The highest BCUT2D eigenvalue weighted by atomic mass is 16.5. The van der Waals surface area contributed by atoms with Gasteiger partial charge in [-0.25, -0.2) is 4.98 Å². The first-order valence-electron chi connectivity index (χ1n) is 7.82. The van der Waals surface area contributed by atoms with Gasteiger partial charge in [-0.15, -0.1) is 0 Å². The molecule has 128 valence electrons. The van der Waals surface area contributed by atoms with Crippen molar-refractivity contribution in [3.8, 4) is 23.0 Å². The molecule has 3 aromatic rings. The fourth-order valence-electron chi connectivity index (χ4n) is 2.19. The van der Waals surface area contributed by atoms with Gasteiger partial charge in [0.2, 0.25) is 11.7 Å². The molecular formula is C19H18N2O4. The number of ether oxygens (including phenoxy) is 2. The molecule has 0 atom stereocenters. The molecule has 1 amide bonds. The van der Waals surface area contributed by atoms with Gasteiger partial charge in [0.25, 0.3) is 5.91 Å². The molecule has 1 heterocycles. The molecule has 3 rings (SSSR count). The van der Waals surface area contributed by atoms with Crippen LogP contribution in [0, 0.1) is 0 Å². The Bertz CT molecular complexity index is 813. The first-order valence-corrected chi connectivity index (χ1v) is 7.82. The molecule has 0 aliphatic carbocycles. The molecule has 0 aliphatic heterocycles. The zero-order chi connectivity index (χ0) is 17.5. The number of nitrogens with zero attached hydrogens (tertiary/aromatic N) is 1. The smallest absolute Gasteiger partial charge is 0.288 e. The second kappa shape index (κ2) is 8.01. The van der Waals surface area contributed by atoms with Crippen molar-refractivity contribution in [1.82, 2.24) is 10.3 Å². The van der Waals surface area contributed by atoms with Gasteiger partial charge in [-0.2, -0.15) is 0 Å². The van der Waals surface area contributed by atoms with Crippen LogP contribution in [-0.2, 0) is 0 Å². The summed E-state index contributed by atoms with van der Waals surface area (Å²) in [5.74, 6) is 1.73. The Kier molecular flexibility index (Phi) is 5.31. The summed E-state index contributed by atoms with van der Waals surface area (Å²) in [6, 6.07) is 16.7. The molecule has 0 spiro atoms. The van der Waals surface area contributed by atoms with E-state index in [1.807, 2.05) is 54.6 Å². The van der Waals surface area contributed by atoms with Gasteiger partial charge >= 0.3 is 0 Å². The van der Waals surface area contributed by atoms with E-state index in [2.05, 4.69) is 10.3 Å². The number of methoxy groups -OCH3 is 1. The first kappa shape index (κ1) is 16.6. The van der Waals surface area contributed by atoms with Crippen LogP contribution >= 0.6 is 0 Å². The van der Waals surface area contributed by atoms with Gasteiger partial charge in [0.15, 0.2) is 0 Å². The molecule has 0 bridgehead atoms. The molecular weight excluding hydrogens is 320 g/mol. The maximum Gasteiger partial charge on any atom is 0.288 e. The second-order valence-corrected chi connectivity index (χ2v) is 5.18. The van der Waals surface area contributed by atoms with Crippen LogP contribution in [0.15, 0.2) is 65.2 Å². The lowest BCUT2D eigenvalue weighted by Gasteiger charge is -2.07. The number of aromatic nitrogens is 1. The lowest BCUT2D eigenvalue weighted by molar-refractivity contribution is 0.0920. The number of hydrogen-bond donors (Lipinski definition) is 1. The van der Waals surface area contributed by atoms with Crippen molar-refractivity contribution in [3.63, 3.8) is 0 Å². The summed E-state index contributed by atoms with van der Waals surface area (Å²) in [7, 11) is 1.61. The SMILES string of the molecule is COc1ccc(OCCNC(=O)c2cnc(-c3ccccc3)o2)cc1. The Morgan fingerprint density at radius 1 is 1.08 bits per heavy atom. The maximum atomic E-state index is 12.1. The predicted octanol–water partition coefficient (Wildman–Crippen LogP) is 3.16. The highest BCUT2D eigenvalue weighted by Crippen LogP contribution is 2.18. The fraction of sp³-hybridized carbons (Fsp3) is 0.158. The van der Waals surface area contributed by atoms with Gasteiger partial charge in [-0.05, 0) is 36.4 Å². The molecule has 0 saturated carbocycles. The highest BCUT2D eigenvalue weighted by Gasteiger charge is 2.13. The van der Waals surface area contributed by atoms with Crippen molar-refractivity contribution in [2.24, 2.45) is 0 Å². The maximum absolute atomic E-state index is 12.1. The number of carbonyl (C=O) groups is 1. The summed E-state index contributed by atoms with van der Waals surface area (Å²) >= 11 is 0. The molecule has 1 aromatic heterocycles. The van der Waals surface area contributed by atoms with Crippen molar-refractivity contribution in [3.05, 3.63) is 66.6 Å². The summed E-state index contributed by atoms with van der Waals surface area (Å²) in [4.78, 5) is 16.2. The predicted molar refractivity (Wildman–Crippen MR) is 92.8 cm³/mol. The Morgan fingerprint density at radius 2 is 1.80 bits per heavy atom. The first-order chi connectivity index (χ1) is 12.3. The monoisotopic (exact) mass is 338 g/mol. The van der Waals surface area contributed by atoms with E-state index in [1.165, 1.54) is 6.20 Å². The number of hydrogen-bond acceptors (Lipinski definition) is 5. The lowest BCUT2D eigenvalue weighted by Crippen LogP contribution is -2.27. The molecule has 1 N–H and O–H groups in total. The minimum Gasteiger partial charge on any atom is -0.497 e. The third-order valence-corrected chi connectivity index (χ3v) is 3.47. The summed E-state index contributed by atoms with van der Waals surface area (Å²) < 4.78 is 16.1. The van der Waals surface area contributed by atoms with E-state index in [9.17, 15) is 4.79 Å². The van der Waals surface area contributed by atoms with E-state index < -0.39 is 0 Å². The lowest BCUT2D eigenvalue weighted by atomic mass is 10.2. The number of carbonyl (C=O) groups excluding carboxylic acids is 1. The molecule has 25 heavy (non-hydrogen) atoms. The Hall–Kier alpha value is -3.28. The van der Waals surface area contributed by atoms with E-state index >= 15 is 0 Å². The molecule has 0 radical (unpaired) electrons. The van der Waals surface area contributed by atoms with Gasteiger partial charge in [-0.1, -0.05) is 18.2 Å². The molecule has 0 unspecified atom stereocenters. The summed E-state index contributed by atoms with van der Waals surface area (Å²) in [6.45, 7) is 0.698. The third kappa shape index (κ3) is 4.38. The molecule has 0 saturated heterocycles. The van der Waals surface area contributed by atoms with Crippen molar-refractivity contribution < 1.29 is 18.7 Å². The zero-order valence-corrected chi connectivity index (χ0v) is 13.8. The normalized spacial score (nSPS) is 10.3. The van der Waals surface area contributed by atoms with E-state index in [1.54, 1.807) is 7.11 Å². The van der Waals surface area contributed by atoms with Crippen LogP contribution in [0.2, 0.25) is 0 Å². The van der Waals surface area contributed by atoms with Gasteiger partial charge in [0.05, 0.1) is 19.9 Å². The highest BCUT2D eigenvalue weighted by molar-refractivity contribution is 5.91. The quantitative estimate of drug-likeness (QED) is 0.670. The number of amides is 1. The van der Waals surface area contributed by atoms with Crippen LogP contribution in [0.25, 0.3) is 11.5 Å². The Morgan fingerprint density at radius 3 is 2.52 bits per heavy atom. The average Bonchev–Trinajstić information content (AvgIpc) is 3.16. The minimum absolute atomic E-state index is 0.170. The fourth-order valence-corrected chi connectivity index (χ4v) is 2.19. The molecule has 6 heteroatoms. The van der Waals surface area contributed by atoms with E-state index in [4.69, 9.17) is 13.9 Å². The van der Waals surface area contributed by atoms with E-state index in [0.717, 1.165) is 11.3 Å². The third-order valence-electron chi connectivity index (χ3n) is 3.47. The van der Waals surface area contributed by atoms with Crippen molar-refractivity contribution in [2.45, 2.75) is 0 Å². The second-order valence-electron chi connectivity index (χ2n) is 5.18. The van der Waals surface area contributed by atoms with Gasteiger partial charge < -0.3 is 19.2 Å². The number of benzene rings is 2. The van der Waals surface area contributed by atoms with Gasteiger partial charge in [-0.3, -0.25) is 4.79 Å². The standard InChI is InChI=1S/C19H18N2O4/c1-23-15-7-9-16(10-8-15)24-12-11-20-18(22)17-13-21-19(25-17)14-5-3-2-4-6-14/h2-10,13H,11-12H2,1H3,(H,20,22). The van der Waals surface area contributed by atoms with Crippen LogP contribution in [0.1, 0.15) is 10.6 Å². The summed E-state index contributed by atoms with van der Waals surface area (Å²) in [5.41, 5.74) is 0.824. The van der Waals surface area contributed by atoms with Gasteiger partial charge in [0, 0.05) is 5.56 Å². The molecule has 6 nitrogen and oxygen atoms in total. The largest absolute Gasteiger partial charge is 0.497 e. The van der Waals surface area contributed by atoms with Crippen molar-refractivity contribution in [2.75, 3.05) is 20.3 Å².